The summed E-state index contributed by atoms with van der Waals surface area (Å²) >= 11 is 2.71. The van der Waals surface area contributed by atoms with E-state index in [1.165, 1.54) is 6.07 Å². The fraction of sp³-hybridized carbons (Fsp3) is 0.133. The number of anilines is 2. The maximum Gasteiger partial charge on any atom is 0.234 e. The lowest BCUT2D eigenvalue weighted by molar-refractivity contribution is -0.113. The van der Waals surface area contributed by atoms with Gasteiger partial charge in [0.2, 0.25) is 5.91 Å². The van der Waals surface area contributed by atoms with Gasteiger partial charge in [-0.1, -0.05) is 12.1 Å². The van der Waals surface area contributed by atoms with Crippen LogP contribution in [0.15, 0.2) is 52.3 Å². The molecule has 3 N–H and O–H groups in total. The van der Waals surface area contributed by atoms with Crippen molar-refractivity contribution in [3.8, 4) is 0 Å². The molecule has 0 spiro atoms. The molecule has 2 rings (SSSR count). The van der Waals surface area contributed by atoms with Crippen LogP contribution in [-0.4, -0.2) is 17.9 Å². The van der Waals surface area contributed by atoms with Crippen molar-refractivity contribution >= 4 is 40.8 Å². The average molecular weight is 322 g/mol. The van der Waals surface area contributed by atoms with E-state index in [-0.39, 0.29) is 11.7 Å². The average Bonchev–Trinajstić information content (AvgIpc) is 2.47. The number of nitrogens with one attached hydrogen (secondary N) is 1. The molecule has 0 aliphatic heterocycles. The Hall–Kier alpha value is -1.66. The van der Waals surface area contributed by atoms with Gasteiger partial charge in [0.25, 0.3) is 0 Å². The zero-order chi connectivity index (χ0) is 15.2. The lowest BCUT2D eigenvalue weighted by Crippen LogP contribution is -2.14. The fourth-order valence-corrected chi connectivity index (χ4v) is 2.99. The van der Waals surface area contributed by atoms with E-state index in [0.717, 1.165) is 22.3 Å². The van der Waals surface area contributed by atoms with Crippen molar-refractivity contribution in [3.05, 3.63) is 48.3 Å². The molecule has 0 aliphatic rings. The van der Waals surface area contributed by atoms with Crippen molar-refractivity contribution < 1.29 is 9.18 Å². The molecule has 2 aromatic rings. The third-order valence-electron chi connectivity index (χ3n) is 2.70. The maximum atomic E-state index is 13.6. The number of amides is 1. The first-order valence-electron chi connectivity index (χ1n) is 6.21. The number of nitrogens with two attached hydrogens (primary N) is 1. The number of halogens is 1. The zero-order valence-corrected chi connectivity index (χ0v) is 13.1. The van der Waals surface area contributed by atoms with Gasteiger partial charge in [-0.3, -0.25) is 4.79 Å². The van der Waals surface area contributed by atoms with Gasteiger partial charge in [0.15, 0.2) is 0 Å². The van der Waals surface area contributed by atoms with E-state index >= 15 is 0 Å². The van der Waals surface area contributed by atoms with Crippen molar-refractivity contribution in [2.24, 2.45) is 0 Å². The number of hydrogen-bond donors (Lipinski definition) is 2. The van der Waals surface area contributed by atoms with Crippen LogP contribution >= 0.6 is 23.5 Å². The van der Waals surface area contributed by atoms with Gasteiger partial charge >= 0.3 is 0 Å². The molecule has 0 atom stereocenters. The largest absolute Gasteiger partial charge is 0.399 e. The van der Waals surface area contributed by atoms with E-state index in [9.17, 15) is 9.18 Å². The normalized spacial score (nSPS) is 10.4. The topological polar surface area (TPSA) is 55.1 Å². The number of para-hydroxylation sites is 1. The summed E-state index contributed by atoms with van der Waals surface area (Å²) in [6.07, 6.45) is 1.95. The summed E-state index contributed by atoms with van der Waals surface area (Å²) in [4.78, 5) is 13.4. The molecule has 110 valence electrons. The van der Waals surface area contributed by atoms with Crippen molar-refractivity contribution in [1.82, 2.24) is 0 Å². The molecule has 0 fully saturated rings. The van der Waals surface area contributed by atoms with Gasteiger partial charge in [0.1, 0.15) is 5.82 Å². The first-order chi connectivity index (χ1) is 10.1. The monoisotopic (exact) mass is 322 g/mol. The van der Waals surface area contributed by atoms with E-state index in [1.54, 1.807) is 23.9 Å². The van der Waals surface area contributed by atoms with E-state index < -0.39 is 5.82 Å². The predicted octanol–water partition coefficient (Wildman–Crippen LogP) is 3.86. The van der Waals surface area contributed by atoms with Crippen molar-refractivity contribution in [2.75, 3.05) is 23.1 Å². The highest BCUT2D eigenvalue weighted by Crippen LogP contribution is 2.26. The summed E-state index contributed by atoms with van der Waals surface area (Å²) in [6.45, 7) is 0. The van der Waals surface area contributed by atoms with Crippen LogP contribution in [0.2, 0.25) is 0 Å². The SMILES string of the molecule is CSc1ccccc1NC(=O)CSc1ccc(N)cc1F. The van der Waals surface area contributed by atoms with Crippen LogP contribution < -0.4 is 11.1 Å². The van der Waals surface area contributed by atoms with E-state index in [2.05, 4.69) is 5.32 Å². The van der Waals surface area contributed by atoms with Crippen LogP contribution in [0, 0.1) is 5.82 Å². The summed E-state index contributed by atoms with van der Waals surface area (Å²) in [5.41, 5.74) is 6.63. The molecule has 3 nitrogen and oxygen atoms in total. The third-order valence-corrected chi connectivity index (χ3v) is 4.54. The lowest BCUT2D eigenvalue weighted by atomic mass is 10.3. The molecule has 0 saturated carbocycles. The van der Waals surface area contributed by atoms with Crippen LogP contribution in [0.1, 0.15) is 0 Å². The summed E-state index contributed by atoms with van der Waals surface area (Å²) in [5, 5.41) is 2.83. The second-order valence-electron chi connectivity index (χ2n) is 4.23. The molecule has 21 heavy (non-hydrogen) atoms. The standard InChI is InChI=1S/C15H15FN2OS2/c1-20-14-5-3-2-4-12(14)18-15(19)9-21-13-7-6-10(17)8-11(13)16/h2-8H,9,17H2,1H3,(H,18,19). The Bertz CT molecular complexity index is 649. The van der Waals surface area contributed by atoms with E-state index in [1.807, 2.05) is 30.5 Å². The Morgan fingerprint density at radius 3 is 2.71 bits per heavy atom. The Morgan fingerprint density at radius 1 is 1.24 bits per heavy atom. The molecule has 0 unspecified atom stereocenters. The number of carbonyl (C=O) groups is 1. The van der Waals surface area contributed by atoms with Crippen LogP contribution in [0.25, 0.3) is 0 Å². The predicted molar refractivity (Wildman–Crippen MR) is 88.4 cm³/mol. The Kier molecular flexibility index (Phi) is 5.52. The number of nitrogen functional groups attached to an aromatic ring is 1. The summed E-state index contributed by atoms with van der Waals surface area (Å²) in [6, 6.07) is 12.0. The minimum absolute atomic E-state index is 0.142. The highest BCUT2D eigenvalue weighted by Gasteiger charge is 2.09. The number of thioether (sulfide) groups is 2. The molecule has 1 amide bonds. The van der Waals surface area contributed by atoms with Gasteiger partial charge in [-0.2, -0.15) is 0 Å². The van der Waals surface area contributed by atoms with Gasteiger partial charge in [-0.15, -0.1) is 23.5 Å². The first-order valence-corrected chi connectivity index (χ1v) is 8.42. The van der Waals surface area contributed by atoms with Crippen LogP contribution in [0.5, 0.6) is 0 Å². The smallest absolute Gasteiger partial charge is 0.234 e. The van der Waals surface area contributed by atoms with Gasteiger partial charge in [0.05, 0.1) is 11.4 Å². The van der Waals surface area contributed by atoms with E-state index in [0.29, 0.717) is 10.6 Å². The minimum atomic E-state index is -0.405. The molecule has 6 heteroatoms. The van der Waals surface area contributed by atoms with Crippen LogP contribution in [0.3, 0.4) is 0 Å². The van der Waals surface area contributed by atoms with Crippen molar-refractivity contribution in [2.45, 2.75) is 9.79 Å². The number of hydrogen-bond acceptors (Lipinski definition) is 4. The molecule has 0 aliphatic carbocycles. The Balaban J connectivity index is 1.96. The minimum Gasteiger partial charge on any atom is -0.399 e. The number of benzene rings is 2. The molecule has 2 aromatic carbocycles. The van der Waals surface area contributed by atoms with Crippen molar-refractivity contribution in [3.63, 3.8) is 0 Å². The van der Waals surface area contributed by atoms with Crippen LogP contribution in [0.4, 0.5) is 15.8 Å². The second kappa shape index (κ2) is 7.38. The molecular formula is C15H15FN2OS2. The Labute approximate surface area is 131 Å². The highest BCUT2D eigenvalue weighted by atomic mass is 32.2. The zero-order valence-electron chi connectivity index (χ0n) is 11.4. The maximum absolute atomic E-state index is 13.6. The van der Waals surface area contributed by atoms with Gasteiger partial charge in [0, 0.05) is 15.5 Å². The fourth-order valence-electron chi connectivity index (χ4n) is 1.71. The quantitative estimate of drug-likeness (QED) is 0.648. The molecule has 0 radical (unpaired) electrons. The number of rotatable bonds is 5. The van der Waals surface area contributed by atoms with Gasteiger partial charge in [-0.25, -0.2) is 4.39 Å². The molecule has 0 heterocycles. The van der Waals surface area contributed by atoms with Crippen LogP contribution in [-0.2, 0) is 4.79 Å². The first kappa shape index (κ1) is 15.7. The van der Waals surface area contributed by atoms with Gasteiger partial charge < -0.3 is 11.1 Å². The lowest BCUT2D eigenvalue weighted by Gasteiger charge is -2.09. The third kappa shape index (κ3) is 4.41. The van der Waals surface area contributed by atoms with E-state index in [4.69, 9.17) is 5.73 Å². The molecule has 0 aromatic heterocycles. The molecular weight excluding hydrogens is 307 g/mol. The summed E-state index contributed by atoms with van der Waals surface area (Å²) in [5.74, 6) is -0.432. The number of carbonyl (C=O) groups excluding carboxylic acids is 1. The highest BCUT2D eigenvalue weighted by molar-refractivity contribution is 8.00. The second-order valence-corrected chi connectivity index (χ2v) is 6.09. The summed E-state index contributed by atoms with van der Waals surface area (Å²) in [7, 11) is 0. The van der Waals surface area contributed by atoms with Crippen molar-refractivity contribution in [1.29, 1.82) is 0 Å². The summed E-state index contributed by atoms with van der Waals surface area (Å²) < 4.78 is 13.6. The Morgan fingerprint density at radius 2 is 2.00 bits per heavy atom. The molecule has 0 bridgehead atoms. The molecule has 0 saturated heterocycles. The van der Waals surface area contributed by atoms with Gasteiger partial charge in [-0.05, 0) is 36.6 Å².